The highest BCUT2D eigenvalue weighted by Crippen LogP contribution is 2.44. The Balaban J connectivity index is 0.875. The number of para-hydroxylation sites is 1. The van der Waals surface area contributed by atoms with Gasteiger partial charge in [0.25, 0.3) is 5.91 Å². The van der Waals surface area contributed by atoms with Crippen molar-refractivity contribution in [3.05, 3.63) is 257 Å². The number of anilines is 2. The topological polar surface area (TPSA) is 211 Å². The van der Waals surface area contributed by atoms with E-state index in [9.17, 15) is 24.0 Å². The summed E-state index contributed by atoms with van der Waals surface area (Å²) in [7, 11) is 1.56. The molecular formula is C75H75N9O10S. The summed E-state index contributed by atoms with van der Waals surface area (Å²) < 4.78 is 31.9. The van der Waals surface area contributed by atoms with Crippen LogP contribution in [0.15, 0.2) is 217 Å². The van der Waals surface area contributed by atoms with Gasteiger partial charge in [0.1, 0.15) is 35.0 Å². The lowest BCUT2D eigenvalue weighted by Gasteiger charge is -2.36. The third kappa shape index (κ3) is 16.3. The molecule has 2 heterocycles. The Morgan fingerprint density at radius 2 is 1.22 bits per heavy atom. The van der Waals surface area contributed by atoms with Crippen molar-refractivity contribution in [2.24, 2.45) is 0 Å². The smallest absolute Gasteiger partial charge is 0.416 e. The van der Waals surface area contributed by atoms with E-state index in [1.165, 1.54) is 21.6 Å². The van der Waals surface area contributed by atoms with Crippen LogP contribution in [0.25, 0.3) is 22.5 Å². The fourth-order valence-corrected chi connectivity index (χ4v) is 11.9. The number of hydrogen-bond donors (Lipinski definition) is 1. The Labute approximate surface area is 557 Å². The van der Waals surface area contributed by atoms with Gasteiger partial charge in [0, 0.05) is 42.8 Å². The van der Waals surface area contributed by atoms with Crippen molar-refractivity contribution in [3.63, 3.8) is 0 Å². The first-order chi connectivity index (χ1) is 46.1. The zero-order chi connectivity index (χ0) is 66.9. The van der Waals surface area contributed by atoms with Crippen molar-refractivity contribution in [3.8, 4) is 34.0 Å². The van der Waals surface area contributed by atoms with E-state index in [1.54, 1.807) is 108 Å². The zero-order valence-corrected chi connectivity index (χ0v) is 55.0. The second-order valence-electron chi connectivity index (χ2n) is 23.2. The molecule has 19 nitrogen and oxygen atoms in total. The van der Waals surface area contributed by atoms with Gasteiger partial charge in [-0.15, -0.1) is 16.9 Å². The monoisotopic (exact) mass is 1290 g/mol. The van der Waals surface area contributed by atoms with Crippen LogP contribution in [0.5, 0.6) is 11.5 Å². The predicted molar refractivity (Wildman–Crippen MR) is 365 cm³/mol. The molecule has 20 heteroatoms. The van der Waals surface area contributed by atoms with Crippen LogP contribution in [-0.4, -0.2) is 104 Å². The first kappa shape index (κ1) is 67.0. The summed E-state index contributed by atoms with van der Waals surface area (Å²) >= 11 is 1.40. The summed E-state index contributed by atoms with van der Waals surface area (Å²) in [6.45, 7) is 10.7. The maximum Gasteiger partial charge on any atom is 0.416 e. The van der Waals surface area contributed by atoms with Crippen molar-refractivity contribution < 1.29 is 47.7 Å². The molecule has 0 aliphatic rings. The maximum absolute atomic E-state index is 14.2. The van der Waals surface area contributed by atoms with Crippen LogP contribution in [0.1, 0.15) is 97.8 Å². The summed E-state index contributed by atoms with van der Waals surface area (Å²) in [6, 6.07) is 67.8. The number of esters is 2. The van der Waals surface area contributed by atoms with Gasteiger partial charge in [-0.1, -0.05) is 177 Å². The number of nitrogens with zero attached hydrogens (tertiary/aromatic N) is 8. The van der Waals surface area contributed by atoms with Gasteiger partial charge in [0.05, 0.1) is 30.3 Å². The highest BCUT2D eigenvalue weighted by atomic mass is 32.2. The molecule has 10 rings (SSSR count). The molecule has 2 aromatic heterocycles. The van der Waals surface area contributed by atoms with Crippen LogP contribution in [-0.2, 0) is 54.6 Å². The lowest BCUT2D eigenvalue weighted by atomic mass is 9.77. The van der Waals surface area contributed by atoms with Gasteiger partial charge >= 0.3 is 24.1 Å². The van der Waals surface area contributed by atoms with Crippen molar-refractivity contribution in [2.75, 3.05) is 43.6 Å². The van der Waals surface area contributed by atoms with E-state index in [0.717, 1.165) is 51.2 Å². The number of aryl methyl sites for hydroxylation is 1. The number of nitrogens with one attached hydrogen (secondary N) is 1. The molecule has 0 saturated carbocycles. The van der Waals surface area contributed by atoms with Crippen LogP contribution < -0.4 is 19.7 Å². The molecule has 0 aliphatic carbocycles. The molecule has 0 fully saturated rings. The molecule has 0 bridgehead atoms. The standard InChI is InChI=1S/C75H75N9O10S/c1-8-25-66-76-64(51-95-60-44-45-63(65(46-60)81(7)72(88)94-74(4,5)6)77-67(85)50-92-58-42-38-52(39-43-58)47-82(49-68(86)90-9-2)73(89)93-59-32-21-14-22-33-59)69(71(87)91-10-3)83(66)48-53-36-40-54(41-37-53)61-34-23-24-35-62(61)70-78-79-80-84(70)75(55-26-15-11-16-27-55,56-28-17-12-18-29-56)57-30-19-13-20-31-57/h11-24,26-46H,8-10,25,47-51H2,1-7H3,(H,77,85). The van der Waals surface area contributed by atoms with Crippen LogP contribution in [0.4, 0.5) is 21.0 Å². The van der Waals surface area contributed by atoms with E-state index in [0.29, 0.717) is 63.5 Å². The highest BCUT2D eigenvalue weighted by molar-refractivity contribution is 7.98. The predicted octanol–water partition coefficient (Wildman–Crippen LogP) is 14.5. The number of carbonyl (C=O) groups excluding carboxylic acids is 5. The zero-order valence-electron chi connectivity index (χ0n) is 54.1. The second kappa shape index (κ2) is 31.2. The van der Waals surface area contributed by atoms with Crippen molar-refractivity contribution in [1.82, 2.24) is 34.7 Å². The number of rotatable bonds is 26. The number of carbonyl (C=O) groups is 5. The number of hydrogen-bond acceptors (Lipinski definition) is 15. The van der Waals surface area contributed by atoms with E-state index in [1.807, 2.05) is 88.1 Å². The number of amides is 3. The van der Waals surface area contributed by atoms with Crippen LogP contribution in [0.3, 0.4) is 0 Å². The van der Waals surface area contributed by atoms with E-state index < -0.39 is 47.8 Å². The number of thioether (sulfide) groups is 1. The van der Waals surface area contributed by atoms with E-state index in [-0.39, 0.29) is 32.1 Å². The first-order valence-corrected chi connectivity index (χ1v) is 32.4. The van der Waals surface area contributed by atoms with Gasteiger partial charge in [0.15, 0.2) is 18.1 Å². The second-order valence-corrected chi connectivity index (χ2v) is 24.2. The van der Waals surface area contributed by atoms with Crippen molar-refractivity contribution in [1.29, 1.82) is 0 Å². The minimum absolute atomic E-state index is 0.0212. The SMILES string of the molecule is CCCc1nc(CSc2ccc(NC(=O)COc3ccc(CN(CC(=O)OCC)C(=O)Oc4ccccc4)cc3)c(N(C)C(=O)OC(C)(C)C)c2)c(C(=O)OCC)n1Cc1ccc(-c2ccccc2-c2nnnn2C(c2ccccc2)(c2ccccc2)c2ccccc2)cc1. The third-order valence-electron chi connectivity index (χ3n) is 15.3. The molecule has 1 N–H and O–H groups in total. The lowest BCUT2D eigenvalue weighted by molar-refractivity contribution is -0.144. The van der Waals surface area contributed by atoms with Crippen LogP contribution >= 0.6 is 11.8 Å². The lowest BCUT2D eigenvalue weighted by Crippen LogP contribution is -2.39. The van der Waals surface area contributed by atoms with Gasteiger partial charge in [-0.3, -0.25) is 19.4 Å². The summed E-state index contributed by atoms with van der Waals surface area (Å²) in [4.78, 5) is 75.7. The Morgan fingerprint density at radius 1 is 0.632 bits per heavy atom. The Kier molecular flexibility index (Phi) is 22.0. The molecule has 95 heavy (non-hydrogen) atoms. The first-order valence-electron chi connectivity index (χ1n) is 31.4. The number of tetrazole rings is 1. The van der Waals surface area contributed by atoms with E-state index >= 15 is 0 Å². The largest absolute Gasteiger partial charge is 0.484 e. The molecule has 10 aromatic rings. The Bertz CT molecular complexity index is 4140. The molecule has 0 aliphatic heterocycles. The average molecular weight is 1290 g/mol. The van der Waals surface area contributed by atoms with Crippen molar-refractivity contribution in [2.45, 2.75) is 89.3 Å². The minimum atomic E-state index is -0.954. The number of aromatic nitrogens is 6. The van der Waals surface area contributed by atoms with Gasteiger partial charge in [-0.2, -0.15) is 0 Å². The molecule has 0 atom stereocenters. The van der Waals surface area contributed by atoms with Crippen molar-refractivity contribution >= 4 is 53.2 Å². The molecule has 0 saturated heterocycles. The molecule has 0 spiro atoms. The Morgan fingerprint density at radius 3 is 1.82 bits per heavy atom. The fourth-order valence-electron chi connectivity index (χ4n) is 11.1. The summed E-state index contributed by atoms with van der Waals surface area (Å²) in [6.07, 6.45) is -0.0317. The minimum Gasteiger partial charge on any atom is -0.484 e. The maximum atomic E-state index is 14.2. The van der Waals surface area contributed by atoms with Crippen LogP contribution in [0.2, 0.25) is 0 Å². The summed E-state index contributed by atoms with van der Waals surface area (Å²) in [5, 5.41) is 16.8. The average Bonchev–Trinajstić information content (AvgIpc) is 1.71. The molecule has 0 radical (unpaired) electrons. The molecule has 486 valence electrons. The third-order valence-corrected chi connectivity index (χ3v) is 16.3. The fraction of sp³-hybridized carbons (Fsp3) is 0.240. The number of imidazole rings is 1. The number of benzene rings is 8. The quantitative estimate of drug-likeness (QED) is 0.0231. The molecule has 0 unspecified atom stereocenters. The summed E-state index contributed by atoms with van der Waals surface area (Å²) in [5.41, 5.74) is 6.98. The Hall–Kier alpha value is -10.9. The molecule has 8 aromatic carbocycles. The highest BCUT2D eigenvalue weighted by Gasteiger charge is 2.42. The van der Waals surface area contributed by atoms with E-state index in [4.69, 9.17) is 39.0 Å². The molecular weight excluding hydrogens is 1220 g/mol. The van der Waals surface area contributed by atoms with Gasteiger partial charge in [-0.25, -0.2) is 24.0 Å². The van der Waals surface area contributed by atoms with Gasteiger partial charge in [0.2, 0.25) is 0 Å². The molecule has 3 amide bonds. The van der Waals surface area contributed by atoms with Gasteiger partial charge in [-0.05, 0) is 133 Å². The van der Waals surface area contributed by atoms with Crippen LogP contribution in [0, 0.1) is 0 Å². The normalized spacial score (nSPS) is 11.3. The van der Waals surface area contributed by atoms with E-state index in [2.05, 4.69) is 84.2 Å². The van der Waals surface area contributed by atoms with Gasteiger partial charge < -0.3 is 33.6 Å². The summed E-state index contributed by atoms with van der Waals surface area (Å²) in [5.74, 6) is 0.634. The number of ether oxygens (including phenoxy) is 5.